The molecule has 0 radical (unpaired) electrons. The molecule has 1 N–H and O–H groups in total. The predicted octanol–water partition coefficient (Wildman–Crippen LogP) is 3.99. The molecule has 1 fully saturated rings. The van der Waals surface area contributed by atoms with Crippen molar-refractivity contribution < 1.29 is 23.9 Å². The standard InChI is InChI=1S/C22H22Cl2N2O5/c23-16-5-3-6-17(24)22(16)25-18-7-2-1-4-15(18)14-21(29)31-13-12-30-11-10-26-19(27)8-9-20(26)28/h1-7,25H,8-14H2. The smallest absolute Gasteiger partial charge is 0.310 e. The second-order valence-electron chi connectivity index (χ2n) is 6.83. The summed E-state index contributed by atoms with van der Waals surface area (Å²) in [5.74, 6) is -0.760. The number of para-hydroxylation sites is 2. The van der Waals surface area contributed by atoms with Gasteiger partial charge in [-0.3, -0.25) is 19.3 Å². The minimum atomic E-state index is -0.409. The number of halogens is 2. The molecule has 0 saturated carbocycles. The quantitative estimate of drug-likeness (QED) is 0.325. The van der Waals surface area contributed by atoms with Gasteiger partial charge in [0.05, 0.1) is 41.9 Å². The molecule has 1 saturated heterocycles. The van der Waals surface area contributed by atoms with Crippen molar-refractivity contribution in [2.24, 2.45) is 0 Å². The highest BCUT2D eigenvalue weighted by Gasteiger charge is 2.28. The first-order valence-corrected chi connectivity index (χ1v) is 10.6. The molecule has 2 amide bonds. The lowest BCUT2D eigenvalue weighted by Crippen LogP contribution is -2.32. The molecule has 7 nitrogen and oxygen atoms in total. The number of benzene rings is 2. The Bertz CT molecular complexity index is 930. The van der Waals surface area contributed by atoms with E-state index in [2.05, 4.69) is 5.32 Å². The number of esters is 1. The van der Waals surface area contributed by atoms with E-state index in [4.69, 9.17) is 32.7 Å². The number of amides is 2. The number of imide groups is 1. The number of carbonyl (C=O) groups is 3. The van der Waals surface area contributed by atoms with Crippen molar-refractivity contribution in [1.82, 2.24) is 4.90 Å². The van der Waals surface area contributed by atoms with Gasteiger partial charge in [0.15, 0.2) is 0 Å². The Morgan fingerprint density at radius 2 is 1.61 bits per heavy atom. The minimum absolute atomic E-state index is 0.0576. The van der Waals surface area contributed by atoms with Crippen molar-refractivity contribution in [3.63, 3.8) is 0 Å². The number of nitrogens with one attached hydrogen (secondary N) is 1. The number of rotatable bonds is 10. The summed E-state index contributed by atoms with van der Waals surface area (Å²) in [4.78, 5) is 36.4. The van der Waals surface area contributed by atoms with Crippen LogP contribution in [0, 0.1) is 0 Å². The zero-order valence-corrected chi connectivity index (χ0v) is 18.2. The van der Waals surface area contributed by atoms with E-state index in [1.54, 1.807) is 18.2 Å². The molecule has 1 heterocycles. The van der Waals surface area contributed by atoms with Gasteiger partial charge in [0.25, 0.3) is 0 Å². The summed E-state index contributed by atoms with van der Waals surface area (Å²) < 4.78 is 10.6. The molecule has 0 unspecified atom stereocenters. The number of carbonyl (C=O) groups excluding carboxylic acids is 3. The van der Waals surface area contributed by atoms with Gasteiger partial charge < -0.3 is 14.8 Å². The summed E-state index contributed by atoms with van der Waals surface area (Å²) in [6.45, 7) is 0.680. The molecule has 0 aromatic heterocycles. The van der Waals surface area contributed by atoms with Gasteiger partial charge >= 0.3 is 5.97 Å². The molecule has 0 aliphatic carbocycles. The summed E-state index contributed by atoms with van der Waals surface area (Å²) in [6.07, 6.45) is 0.576. The van der Waals surface area contributed by atoms with Crippen LogP contribution in [0.25, 0.3) is 0 Å². The van der Waals surface area contributed by atoms with Crippen molar-refractivity contribution >= 4 is 52.4 Å². The zero-order chi connectivity index (χ0) is 22.2. The molecule has 9 heteroatoms. The molecule has 2 aromatic rings. The van der Waals surface area contributed by atoms with Crippen LogP contribution in [-0.4, -0.2) is 49.0 Å². The van der Waals surface area contributed by atoms with Gasteiger partial charge in [-0.15, -0.1) is 0 Å². The third kappa shape index (κ3) is 6.43. The third-order valence-corrected chi connectivity index (χ3v) is 5.31. The highest BCUT2D eigenvalue weighted by atomic mass is 35.5. The van der Waals surface area contributed by atoms with Crippen molar-refractivity contribution in [3.05, 3.63) is 58.1 Å². The van der Waals surface area contributed by atoms with Crippen molar-refractivity contribution in [2.45, 2.75) is 19.3 Å². The van der Waals surface area contributed by atoms with E-state index in [0.717, 1.165) is 5.56 Å². The van der Waals surface area contributed by atoms with E-state index < -0.39 is 5.97 Å². The van der Waals surface area contributed by atoms with Crippen LogP contribution in [0.2, 0.25) is 10.0 Å². The number of ether oxygens (including phenoxy) is 2. The summed E-state index contributed by atoms with van der Waals surface area (Å²) >= 11 is 12.4. The molecule has 0 bridgehead atoms. The number of likely N-dealkylation sites (tertiary alicyclic amines) is 1. The normalized spacial score (nSPS) is 13.5. The maximum absolute atomic E-state index is 12.2. The Labute approximate surface area is 190 Å². The van der Waals surface area contributed by atoms with Crippen LogP contribution in [0.1, 0.15) is 18.4 Å². The number of nitrogens with zero attached hydrogens (tertiary/aromatic N) is 1. The molecule has 0 spiro atoms. The molecule has 1 aliphatic heterocycles. The average molecular weight is 465 g/mol. The van der Waals surface area contributed by atoms with Gasteiger partial charge in [-0.25, -0.2) is 0 Å². The Balaban J connectivity index is 1.43. The van der Waals surface area contributed by atoms with E-state index in [1.807, 2.05) is 24.3 Å². The second-order valence-corrected chi connectivity index (χ2v) is 7.64. The first-order valence-electron chi connectivity index (χ1n) is 9.81. The molecule has 164 valence electrons. The van der Waals surface area contributed by atoms with Crippen LogP contribution < -0.4 is 5.32 Å². The fourth-order valence-electron chi connectivity index (χ4n) is 3.10. The molecular formula is C22H22Cl2N2O5. The van der Waals surface area contributed by atoms with E-state index >= 15 is 0 Å². The number of anilines is 2. The van der Waals surface area contributed by atoms with Gasteiger partial charge in [0.2, 0.25) is 11.8 Å². The summed E-state index contributed by atoms with van der Waals surface area (Å²) in [7, 11) is 0. The Kier molecular flexibility index (Phi) is 8.28. The van der Waals surface area contributed by atoms with Gasteiger partial charge in [-0.2, -0.15) is 0 Å². The summed E-state index contributed by atoms with van der Waals surface area (Å²) in [5, 5.41) is 4.12. The molecule has 31 heavy (non-hydrogen) atoms. The Morgan fingerprint density at radius 1 is 0.935 bits per heavy atom. The number of hydrogen-bond donors (Lipinski definition) is 1. The van der Waals surface area contributed by atoms with E-state index in [0.29, 0.717) is 21.4 Å². The van der Waals surface area contributed by atoms with Gasteiger partial charge in [-0.1, -0.05) is 47.5 Å². The fourth-order valence-corrected chi connectivity index (χ4v) is 3.59. The first kappa shape index (κ1) is 23.1. The topological polar surface area (TPSA) is 84.9 Å². The van der Waals surface area contributed by atoms with Crippen LogP contribution in [-0.2, 0) is 30.3 Å². The maximum Gasteiger partial charge on any atom is 0.310 e. The van der Waals surface area contributed by atoms with Crippen molar-refractivity contribution in [3.8, 4) is 0 Å². The first-order chi connectivity index (χ1) is 15.0. The fraction of sp³-hybridized carbons (Fsp3) is 0.318. The van der Waals surface area contributed by atoms with Crippen LogP contribution >= 0.6 is 23.2 Å². The predicted molar refractivity (Wildman–Crippen MR) is 118 cm³/mol. The van der Waals surface area contributed by atoms with Gasteiger partial charge in [0.1, 0.15) is 6.61 Å². The largest absolute Gasteiger partial charge is 0.463 e. The van der Waals surface area contributed by atoms with Crippen LogP contribution in [0.3, 0.4) is 0 Å². The summed E-state index contributed by atoms with van der Waals surface area (Å²) in [6, 6.07) is 12.5. The number of hydrogen-bond acceptors (Lipinski definition) is 6. The third-order valence-electron chi connectivity index (χ3n) is 4.68. The van der Waals surface area contributed by atoms with E-state index in [9.17, 15) is 14.4 Å². The van der Waals surface area contributed by atoms with Crippen LogP contribution in [0.4, 0.5) is 11.4 Å². The molecule has 0 atom stereocenters. The lowest BCUT2D eigenvalue weighted by atomic mass is 10.1. The molecule has 3 rings (SSSR count). The van der Waals surface area contributed by atoms with Crippen LogP contribution in [0.5, 0.6) is 0 Å². The lowest BCUT2D eigenvalue weighted by molar-refractivity contribution is -0.144. The lowest BCUT2D eigenvalue weighted by Gasteiger charge is -2.15. The maximum atomic E-state index is 12.2. The summed E-state index contributed by atoms with van der Waals surface area (Å²) in [5.41, 5.74) is 2.00. The van der Waals surface area contributed by atoms with Crippen LogP contribution in [0.15, 0.2) is 42.5 Å². The van der Waals surface area contributed by atoms with Gasteiger partial charge in [-0.05, 0) is 23.8 Å². The zero-order valence-electron chi connectivity index (χ0n) is 16.7. The molecule has 1 aliphatic rings. The van der Waals surface area contributed by atoms with Crippen molar-refractivity contribution in [2.75, 3.05) is 31.7 Å². The molecule has 2 aromatic carbocycles. The average Bonchev–Trinajstić information content (AvgIpc) is 3.06. The Hall–Kier alpha value is -2.61. The SMILES string of the molecule is O=C(Cc1ccccc1Nc1c(Cl)cccc1Cl)OCCOCCN1C(=O)CCC1=O. The molecular weight excluding hydrogens is 443 g/mol. The van der Waals surface area contributed by atoms with Crippen molar-refractivity contribution in [1.29, 1.82) is 0 Å². The highest BCUT2D eigenvalue weighted by Crippen LogP contribution is 2.33. The van der Waals surface area contributed by atoms with Gasteiger partial charge in [0, 0.05) is 18.5 Å². The minimum Gasteiger partial charge on any atom is -0.463 e. The Morgan fingerprint density at radius 3 is 2.32 bits per heavy atom. The van der Waals surface area contributed by atoms with E-state index in [-0.39, 0.29) is 57.4 Å². The second kappa shape index (κ2) is 11.1. The highest BCUT2D eigenvalue weighted by molar-refractivity contribution is 6.39. The van der Waals surface area contributed by atoms with E-state index in [1.165, 1.54) is 4.90 Å². The monoisotopic (exact) mass is 464 g/mol.